The molecule has 1 heterocycles. The van der Waals surface area contributed by atoms with Crippen LogP contribution >= 0.6 is 0 Å². The van der Waals surface area contributed by atoms with Crippen LogP contribution in [0.4, 0.5) is 0 Å². The van der Waals surface area contributed by atoms with E-state index in [9.17, 15) is 9.59 Å². The number of rotatable bonds is 7. The summed E-state index contributed by atoms with van der Waals surface area (Å²) in [7, 11) is 1.40. The summed E-state index contributed by atoms with van der Waals surface area (Å²) in [6, 6.07) is 10.4. The highest BCUT2D eigenvalue weighted by Gasteiger charge is 2.29. The monoisotopic (exact) mass is 319 g/mol. The number of piperidine rings is 1. The zero-order chi connectivity index (χ0) is 16.7. The first kappa shape index (κ1) is 17.4. The Morgan fingerprint density at radius 3 is 2.70 bits per heavy atom. The van der Waals surface area contributed by atoms with E-state index in [-0.39, 0.29) is 30.4 Å². The van der Waals surface area contributed by atoms with Crippen molar-refractivity contribution in [1.82, 2.24) is 10.2 Å². The quantitative estimate of drug-likeness (QED) is 0.716. The molecule has 0 aliphatic carbocycles. The number of hydrogen-bond acceptors (Lipinski definition) is 5. The van der Waals surface area contributed by atoms with Gasteiger partial charge in [-0.2, -0.15) is 0 Å². The molecule has 0 bridgehead atoms. The summed E-state index contributed by atoms with van der Waals surface area (Å²) in [5, 5.41) is 3.52. The van der Waals surface area contributed by atoms with Crippen molar-refractivity contribution < 1.29 is 14.3 Å². The second kappa shape index (κ2) is 8.64. The summed E-state index contributed by atoms with van der Waals surface area (Å²) in [4.78, 5) is 24.8. The Morgan fingerprint density at radius 2 is 2.04 bits per heavy atom. The largest absolute Gasteiger partial charge is 0.469 e. The highest BCUT2D eigenvalue weighted by Crippen LogP contribution is 2.21. The summed E-state index contributed by atoms with van der Waals surface area (Å²) in [5.41, 5.74) is 6.53. The fourth-order valence-electron chi connectivity index (χ4n) is 3.13. The molecule has 1 saturated heterocycles. The molecular formula is C17H25N3O3. The van der Waals surface area contributed by atoms with Crippen molar-refractivity contribution in [2.24, 2.45) is 11.7 Å². The number of hydrogen-bond donors (Lipinski definition) is 2. The van der Waals surface area contributed by atoms with E-state index >= 15 is 0 Å². The molecule has 0 saturated carbocycles. The smallest absolute Gasteiger partial charge is 0.305 e. The second-order valence-corrected chi connectivity index (χ2v) is 6.11. The van der Waals surface area contributed by atoms with Crippen molar-refractivity contribution >= 4 is 11.9 Å². The number of amides is 1. The first-order valence-electron chi connectivity index (χ1n) is 7.91. The number of nitrogens with one attached hydrogen (secondary N) is 1. The molecule has 3 N–H and O–H groups in total. The lowest BCUT2D eigenvalue weighted by molar-refractivity contribution is -0.142. The fourth-order valence-corrected chi connectivity index (χ4v) is 3.13. The number of carbonyl (C=O) groups excluding carboxylic acids is 2. The number of nitrogens with zero attached hydrogens (tertiary/aromatic N) is 1. The molecule has 126 valence electrons. The standard InChI is InChI=1S/C17H25N3O3/c1-23-17(22)8-14-7-15(11-20(10-14)12-16(18)21)19-9-13-5-3-2-4-6-13/h2-6,14-15,19H,7-12H2,1H3,(H2,18,21). The minimum atomic E-state index is -0.342. The number of methoxy groups -OCH3 is 1. The third kappa shape index (κ3) is 6.00. The van der Waals surface area contributed by atoms with Gasteiger partial charge in [-0.05, 0) is 17.9 Å². The van der Waals surface area contributed by atoms with Crippen molar-refractivity contribution in [1.29, 1.82) is 0 Å². The van der Waals surface area contributed by atoms with E-state index < -0.39 is 0 Å². The van der Waals surface area contributed by atoms with E-state index in [1.54, 1.807) is 0 Å². The molecule has 1 aromatic rings. The van der Waals surface area contributed by atoms with Gasteiger partial charge in [0, 0.05) is 32.1 Å². The molecule has 2 rings (SSSR count). The minimum Gasteiger partial charge on any atom is -0.469 e. The molecule has 2 unspecified atom stereocenters. The predicted molar refractivity (Wildman–Crippen MR) is 87.4 cm³/mol. The molecular weight excluding hydrogens is 294 g/mol. The molecule has 1 fully saturated rings. The normalized spacial score (nSPS) is 21.8. The number of nitrogens with two attached hydrogens (primary N) is 1. The Bertz CT molecular complexity index is 521. The van der Waals surface area contributed by atoms with Gasteiger partial charge in [0.05, 0.1) is 13.7 Å². The van der Waals surface area contributed by atoms with Gasteiger partial charge in [-0.15, -0.1) is 0 Å². The third-order valence-corrected chi connectivity index (χ3v) is 4.11. The first-order valence-corrected chi connectivity index (χ1v) is 7.91. The third-order valence-electron chi connectivity index (χ3n) is 4.11. The average Bonchev–Trinajstić information content (AvgIpc) is 2.53. The molecule has 0 aromatic heterocycles. The zero-order valence-corrected chi connectivity index (χ0v) is 13.5. The van der Waals surface area contributed by atoms with Gasteiger partial charge in [-0.1, -0.05) is 30.3 Å². The Kier molecular flexibility index (Phi) is 6.55. The van der Waals surface area contributed by atoms with Gasteiger partial charge < -0.3 is 15.8 Å². The Labute approximate surface area is 137 Å². The maximum atomic E-state index is 11.5. The minimum absolute atomic E-state index is 0.170. The summed E-state index contributed by atoms with van der Waals surface area (Å²) in [5.74, 6) is -0.382. The summed E-state index contributed by atoms with van der Waals surface area (Å²) >= 11 is 0. The first-order chi connectivity index (χ1) is 11.1. The van der Waals surface area contributed by atoms with Gasteiger partial charge in [0.15, 0.2) is 0 Å². The summed E-state index contributed by atoms with van der Waals surface area (Å²) < 4.78 is 4.76. The number of esters is 1. The van der Waals surface area contributed by atoms with Crippen molar-refractivity contribution in [3.8, 4) is 0 Å². The SMILES string of the molecule is COC(=O)CC1CC(NCc2ccccc2)CN(CC(N)=O)C1. The van der Waals surface area contributed by atoms with E-state index in [4.69, 9.17) is 10.5 Å². The van der Waals surface area contributed by atoms with Crippen LogP contribution in [0.5, 0.6) is 0 Å². The van der Waals surface area contributed by atoms with Crippen LogP contribution in [-0.4, -0.2) is 49.6 Å². The topological polar surface area (TPSA) is 84.7 Å². The maximum absolute atomic E-state index is 11.5. The van der Waals surface area contributed by atoms with Gasteiger partial charge in [-0.25, -0.2) is 0 Å². The molecule has 1 amide bonds. The van der Waals surface area contributed by atoms with Gasteiger partial charge >= 0.3 is 5.97 Å². The molecule has 0 spiro atoms. The van der Waals surface area contributed by atoms with Gasteiger partial charge in [-0.3, -0.25) is 14.5 Å². The van der Waals surface area contributed by atoms with Crippen molar-refractivity contribution in [2.45, 2.75) is 25.4 Å². The van der Waals surface area contributed by atoms with Crippen LogP contribution in [0.2, 0.25) is 0 Å². The molecule has 1 aliphatic heterocycles. The average molecular weight is 319 g/mol. The van der Waals surface area contributed by atoms with E-state index in [1.807, 2.05) is 23.1 Å². The molecule has 1 aliphatic rings. The highest BCUT2D eigenvalue weighted by molar-refractivity contribution is 5.76. The van der Waals surface area contributed by atoms with Crippen LogP contribution in [-0.2, 0) is 20.9 Å². The number of ether oxygens (including phenoxy) is 1. The molecule has 6 heteroatoms. The second-order valence-electron chi connectivity index (χ2n) is 6.11. The molecule has 2 atom stereocenters. The lowest BCUT2D eigenvalue weighted by atomic mass is 9.91. The zero-order valence-electron chi connectivity index (χ0n) is 13.5. The van der Waals surface area contributed by atoms with E-state index in [2.05, 4.69) is 17.4 Å². The Balaban J connectivity index is 1.93. The number of likely N-dealkylation sites (tertiary alicyclic amines) is 1. The van der Waals surface area contributed by atoms with Crippen molar-refractivity contribution in [3.05, 3.63) is 35.9 Å². The maximum Gasteiger partial charge on any atom is 0.305 e. The Morgan fingerprint density at radius 1 is 1.30 bits per heavy atom. The molecule has 0 radical (unpaired) electrons. The van der Waals surface area contributed by atoms with E-state index in [1.165, 1.54) is 12.7 Å². The molecule has 6 nitrogen and oxygen atoms in total. The number of benzene rings is 1. The number of primary amides is 1. The molecule has 1 aromatic carbocycles. The van der Waals surface area contributed by atoms with E-state index in [0.29, 0.717) is 13.0 Å². The van der Waals surface area contributed by atoms with Gasteiger partial charge in [0.2, 0.25) is 5.91 Å². The lowest BCUT2D eigenvalue weighted by Gasteiger charge is -2.37. The van der Waals surface area contributed by atoms with Crippen LogP contribution in [0.15, 0.2) is 30.3 Å². The fraction of sp³-hybridized carbons (Fsp3) is 0.529. The highest BCUT2D eigenvalue weighted by atomic mass is 16.5. The summed E-state index contributed by atoms with van der Waals surface area (Å²) in [6.45, 7) is 2.44. The van der Waals surface area contributed by atoms with Crippen LogP contribution in [0.1, 0.15) is 18.4 Å². The lowest BCUT2D eigenvalue weighted by Crippen LogP contribution is -2.51. The van der Waals surface area contributed by atoms with Crippen molar-refractivity contribution in [3.63, 3.8) is 0 Å². The van der Waals surface area contributed by atoms with Crippen LogP contribution in [0.3, 0.4) is 0 Å². The Hall–Kier alpha value is -1.92. The van der Waals surface area contributed by atoms with Gasteiger partial charge in [0.1, 0.15) is 0 Å². The van der Waals surface area contributed by atoms with Crippen LogP contribution in [0, 0.1) is 5.92 Å². The molecule has 23 heavy (non-hydrogen) atoms. The summed E-state index contributed by atoms with van der Waals surface area (Å²) in [6.07, 6.45) is 1.26. The number of carbonyl (C=O) groups is 2. The van der Waals surface area contributed by atoms with Gasteiger partial charge in [0.25, 0.3) is 0 Å². The van der Waals surface area contributed by atoms with Crippen LogP contribution in [0.25, 0.3) is 0 Å². The van der Waals surface area contributed by atoms with Crippen molar-refractivity contribution in [2.75, 3.05) is 26.7 Å². The van der Waals surface area contributed by atoms with Crippen LogP contribution < -0.4 is 11.1 Å². The van der Waals surface area contributed by atoms with E-state index in [0.717, 1.165) is 19.5 Å². The predicted octanol–water partition coefficient (Wildman–Crippen LogP) is 0.515.